The van der Waals surface area contributed by atoms with Gasteiger partial charge in [-0.05, 0) is 23.6 Å². The lowest BCUT2D eigenvalue weighted by Crippen LogP contribution is -1.96. The van der Waals surface area contributed by atoms with Crippen molar-refractivity contribution in [2.24, 2.45) is 0 Å². The summed E-state index contributed by atoms with van der Waals surface area (Å²) in [5.41, 5.74) is 1.86. The van der Waals surface area contributed by atoms with Crippen molar-refractivity contribution in [1.29, 1.82) is 0 Å². The molecule has 2 nitrogen and oxygen atoms in total. The number of methoxy groups -OCH3 is 1. The lowest BCUT2D eigenvalue weighted by molar-refractivity contribution is 0.328. The van der Waals surface area contributed by atoms with E-state index in [0.29, 0.717) is 6.42 Å². The summed E-state index contributed by atoms with van der Waals surface area (Å²) in [5.74, 6) is 0.845. The van der Waals surface area contributed by atoms with Crippen LogP contribution in [0.1, 0.15) is 5.56 Å². The van der Waals surface area contributed by atoms with E-state index >= 15 is 0 Å². The second kappa shape index (κ2) is 4.67. The topological polar surface area (TPSA) is 29.5 Å². The van der Waals surface area contributed by atoms with Crippen molar-refractivity contribution in [3.63, 3.8) is 0 Å². The third-order valence-electron chi connectivity index (χ3n) is 1.86. The first kappa shape index (κ1) is 9.81. The van der Waals surface area contributed by atoms with E-state index in [-0.39, 0.29) is 6.61 Å². The molecule has 0 unspecified atom stereocenters. The van der Waals surface area contributed by atoms with Gasteiger partial charge in [-0.25, -0.2) is 0 Å². The molecule has 70 valence electrons. The minimum absolute atomic E-state index is 0.0258. The van der Waals surface area contributed by atoms with Gasteiger partial charge in [-0.3, -0.25) is 0 Å². The van der Waals surface area contributed by atoms with Gasteiger partial charge in [-0.2, -0.15) is 0 Å². The number of hydrogen-bond donors (Lipinski definition) is 1. The van der Waals surface area contributed by atoms with E-state index in [9.17, 15) is 0 Å². The highest BCUT2D eigenvalue weighted by Crippen LogP contribution is 2.19. The molecule has 0 aliphatic heterocycles. The summed E-state index contributed by atoms with van der Waals surface area (Å²) in [6.07, 6.45) is 0.667. The molecule has 0 heterocycles. The smallest absolute Gasteiger partial charge is 0.122 e. The Kier molecular flexibility index (Phi) is 3.53. The lowest BCUT2D eigenvalue weighted by atomic mass is 10.1. The Bertz CT molecular complexity index is 292. The molecule has 0 aliphatic carbocycles. The second-order valence-corrected chi connectivity index (χ2v) is 2.90. The first-order chi connectivity index (χ1) is 6.27. The van der Waals surface area contributed by atoms with Crippen molar-refractivity contribution in [1.82, 2.24) is 0 Å². The standard InChI is InChI=1S/C11H14O2/c1-9(8-12)7-10-5-3-4-6-11(10)13-2/h3-6,12H,1,7-8H2,2H3. The van der Waals surface area contributed by atoms with E-state index in [4.69, 9.17) is 9.84 Å². The van der Waals surface area contributed by atoms with Gasteiger partial charge in [0.05, 0.1) is 13.7 Å². The van der Waals surface area contributed by atoms with E-state index < -0.39 is 0 Å². The number of ether oxygens (including phenoxy) is 1. The van der Waals surface area contributed by atoms with Crippen molar-refractivity contribution < 1.29 is 9.84 Å². The minimum atomic E-state index is 0.0258. The van der Waals surface area contributed by atoms with Crippen molar-refractivity contribution in [2.45, 2.75) is 6.42 Å². The molecule has 1 rings (SSSR count). The molecular weight excluding hydrogens is 164 g/mol. The maximum Gasteiger partial charge on any atom is 0.122 e. The largest absolute Gasteiger partial charge is 0.496 e. The fourth-order valence-corrected chi connectivity index (χ4v) is 1.17. The van der Waals surface area contributed by atoms with Gasteiger partial charge in [0.15, 0.2) is 0 Å². The maximum atomic E-state index is 8.82. The molecule has 0 radical (unpaired) electrons. The first-order valence-electron chi connectivity index (χ1n) is 4.17. The highest BCUT2D eigenvalue weighted by atomic mass is 16.5. The zero-order valence-electron chi connectivity index (χ0n) is 7.79. The van der Waals surface area contributed by atoms with Gasteiger partial charge in [0.25, 0.3) is 0 Å². The summed E-state index contributed by atoms with van der Waals surface area (Å²) >= 11 is 0. The molecule has 0 aromatic heterocycles. The average molecular weight is 178 g/mol. The van der Waals surface area contributed by atoms with Crippen LogP contribution in [0.3, 0.4) is 0 Å². The zero-order chi connectivity index (χ0) is 9.68. The van der Waals surface area contributed by atoms with Crippen LogP contribution in [0.25, 0.3) is 0 Å². The lowest BCUT2D eigenvalue weighted by Gasteiger charge is -2.07. The van der Waals surface area contributed by atoms with Crippen molar-refractivity contribution >= 4 is 0 Å². The summed E-state index contributed by atoms with van der Waals surface area (Å²) in [6, 6.07) is 7.74. The predicted molar refractivity (Wildman–Crippen MR) is 52.9 cm³/mol. The Morgan fingerprint density at radius 1 is 1.46 bits per heavy atom. The molecule has 0 amide bonds. The molecule has 0 saturated heterocycles. The summed E-state index contributed by atoms with van der Waals surface area (Å²) in [7, 11) is 1.64. The Labute approximate surface area is 78.5 Å². The van der Waals surface area contributed by atoms with Crippen LogP contribution in [0, 0.1) is 0 Å². The Morgan fingerprint density at radius 2 is 2.15 bits per heavy atom. The molecule has 0 fully saturated rings. The van der Waals surface area contributed by atoms with Crippen LogP contribution in [-0.2, 0) is 6.42 Å². The fourth-order valence-electron chi connectivity index (χ4n) is 1.17. The molecular formula is C11H14O2. The molecule has 1 N–H and O–H groups in total. The minimum Gasteiger partial charge on any atom is -0.496 e. The SMILES string of the molecule is C=C(CO)Cc1ccccc1OC. The predicted octanol–water partition coefficient (Wildman–Crippen LogP) is 1.79. The van der Waals surface area contributed by atoms with Crippen molar-refractivity contribution in [3.05, 3.63) is 42.0 Å². The highest BCUT2D eigenvalue weighted by molar-refractivity contribution is 5.35. The Balaban J connectivity index is 2.81. The van der Waals surface area contributed by atoms with Crippen LogP contribution in [0.4, 0.5) is 0 Å². The van der Waals surface area contributed by atoms with Crippen LogP contribution in [0.2, 0.25) is 0 Å². The average Bonchev–Trinajstić information content (AvgIpc) is 2.18. The summed E-state index contributed by atoms with van der Waals surface area (Å²) < 4.78 is 5.17. The van der Waals surface area contributed by atoms with E-state index in [1.807, 2.05) is 24.3 Å². The number of benzene rings is 1. The monoisotopic (exact) mass is 178 g/mol. The summed E-state index contributed by atoms with van der Waals surface area (Å²) in [6.45, 7) is 3.76. The quantitative estimate of drug-likeness (QED) is 0.712. The number of hydrogen-bond acceptors (Lipinski definition) is 2. The van der Waals surface area contributed by atoms with Crippen LogP contribution >= 0.6 is 0 Å². The number of rotatable bonds is 4. The Hall–Kier alpha value is -1.28. The van der Waals surface area contributed by atoms with Gasteiger partial charge in [0, 0.05) is 0 Å². The molecule has 0 aliphatic rings. The molecule has 1 aromatic rings. The van der Waals surface area contributed by atoms with Crippen LogP contribution < -0.4 is 4.74 Å². The third kappa shape index (κ3) is 2.60. The molecule has 2 heteroatoms. The third-order valence-corrected chi connectivity index (χ3v) is 1.86. The second-order valence-electron chi connectivity index (χ2n) is 2.90. The van der Waals surface area contributed by atoms with E-state index in [2.05, 4.69) is 6.58 Å². The van der Waals surface area contributed by atoms with Gasteiger partial charge in [0.1, 0.15) is 5.75 Å². The normalized spacial score (nSPS) is 9.69. The molecule has 13 heavy (non-hydrogen) atoms. The van der Waals surface area contributed by atoms with Crippen LogP contribution in [0.5, 0.6) is 5.75 Å². The fraction of sp³-hybridized carbons (Fsp3) is 0.273. The van der Waals surface area contributed by atoms with E-state index in [1.165, 1.54) is 0 Å². The van der Waals surface area contributed by atoms with Crippen LogP contribution in [0.15, 0.2) is 36.4 Å². The molecule has 0 atom stereocenters. The molecule has 0 spiro atoms. The highest BCUT2D eigenvalue weighted by Gasteiger charge is 2.02. The number of aliphatic hydroxyl groups excluding tert-OH is 1. The molecule has 1 aromatic carbocycles. The van der Waals surface area contributed by atoms with E-state index in [1.54, 1.807) is 7.11 Å². The molecule has 0 bridgehead atoms. The van der Waals surface area contributed by atoms with Gasteiger partial charge in [0.2, 0.25) is 0 Å². The van der Waals surface area contributed by atoms with Crippen molar-refractivity contribution in [2.75, 3.05) is 13.7 Å². The summed E-state index contributed by atoms with van der Waals surface area (Å²) in [4.78, 5) is 0. The Morgan fingerprint density at radius 3 is 2.77 bits per heavy atom. The zero-order valence-corrected chi connectivity index (χ0v) is 7.79. The first-order valence-corrected chi connectivity index (χ1v) is 4.17. The molecule has 0 saturated carbocycles. The summed E-state index contributed by atoms with van der Waals surface area (Å²) in [5, 5.41) is 8.82. The number of para-hydroxylation sites is 1. The van der Waals surface area contributed by atoms with Gasteiger partial charge in [-0.15, -0.1) is 0 Å². The van der Waals surface area contributed by atoms with E-state index in [0.717, 1.165) is 16.9 Å². The van der Waals surface area contributed by atoms with Crippen LogP contribution in [-0.4, -0.2) is 18.8 Å². The van der Waals surface area contributed by atoms with Gasteiger partial charge >= 0.3 is 0 Å². The maximum absolute atomic E-state index is 8.82. The van der Waals surface area contributed by atoms with Gasteiger partial charge < -0.3 is 9.84 Å². The number of aliphatic hydroxyl groups is 1. The van der Waals surface area contributed by atoms with Crippen molar-refractivity contribution in [3.8, 4) is 5.75 Å². The van der Waals surface area contributed by atoms with Gasteiger partial charge in [-0.1, -0.05) is 24.8 Å².